The molecule has 19 heavy (non-hydrogen) atoms. The van der Waals surface area contributed by atoms with Crippen molar-refractivity contribution in [3.8, 4) is 0 Å². The summed E-state index contributed by atoms with van der Waals surface area (Å²) in [5.74, 6) is 0. The summed E-state index contributed by atoms with van der Waals surface area (Å²) in [7, 11) is 1.66. The van der Waals surface area contributed by atoms with E-state index in [-0.39, 0.29) is 11.7 Å². The largest absolute Gasteiger partial charge is 0.383 e. The Hall–Kier alpha value is -1.17. The third-order valence-corrected chi connectivity index (χ3v) is 3.42. The van der Waals surface area contributed by atoms with E-state index in [0.717, 1.165) is 12.1 Å². The number of benzene rings is 1. The van der Waals surface area contributed by atoms with E-state index in [2.05, 4.69) is 11.8 Å². The van der Waals surface area contributed by atoms with Crippen LogP contribution in [0.4, 0.5) is 5.69 Å². The van der Waals surface area contributed by atoms with E-state index in [4.69, 9.17) is 16.3 Å². The summed E-state index contributed by atoms with van der Waals surface area (Å²) < 4.78 is 5.13. The lowest BCUT2D eigenvalue weighted by molar-refractivity contribution is -0.384. The van der Waals surface area contributed by atoms with Crippen molar-refractivity contribution in [1.29, 1.82) is 0 Å². The molecule has 0 heterocycles. The average molecular weight is 287 g/mol. The first-order valence-corrected chi connectivity index (χ1v) is 6.53. The molecular formula is C13H19ClN2O3. The summed E-state index contributed by atoms with van der Waals surface area (Å²) in [6.07, 6.45) is 0. The normalized spacial score (nSPS) is 12.7. The fourth-order valence-electron chi connectivity index (χ4n) is 1.94. The Labute approximate surface area is 118 Å². The number of nitrogens with zero attached hydrogens (tertiary/aromatic N) is 2. The van der Waals surface area contributed by atoms with Crippen LogP contribution in [-0.4, -0.2) is 36.1 Å². The number of likely N-dealkylation sites (N-methyl/N-ethyl adjacent to an activating group) is 1. The van der Waals surface area contributed by atoms with Gasteiger partial charge in [-0.25, -0.2) is 0 Å². The fraction of sp³-hybridized carbons (Fsp3) is 0.538. The second kappa shape index (κ2) is 7.43. The first-order chi connectivity index (χ1) is 8.99. The molecule has 1 atom stereocenters. The van der Waals surface area contributed by atoms with Gasteiger partial charge in [-0.05, 0) is 25.1 Å². The van der Waals surface area contributed by atoms with Gasteiger partial charge in [0, 0.05) is 36.9 Å². The minimum Gasteiger partial charge on any atom is -0.383 e. The van der Waals surface area contributed by atoms with Gasteiger partial charge in [0.2, 0.25) is 0 Å². The molecule has 0 N–H and O–H groups in total. The van der Waals surface area contributed by atoms with Crippen molar-refractivity contribution in [2.45, 2.75) is 26.4 Å². The predicted octanol–water partition coefficient (Wildman–Crippen LogP) is 3.11. The van der Waals surface area contributed by atoms with Gasteiger partial charge in [-0.1, -0.05) is 18.5 Å². The van der Waals surface area contributed by atoms with E-state index in [1.165, 1.54) is 12.1 Å². The van der Waals surface area contributed by atoms with Gasteiger partial charge < -0.3 is 4.74 Å². The summed E-state index contributed by atoms with van der Waals surface area (Å²) in [6.45, 7) is 6.10. The van der Waals surface area contributed by atoms with E-state index >= 15 is 0 Å². The number of nitro benzene ring substituents is 1. The van der Waals surface area contributed by atoms with Crippen molar-refractivity contribution in [3.63, 3.8) is 0 Å². The van der Waals surface area contributed by atoms with Crippen molar-refractivity contribution in [2.75, 3.05) is 20.3 Å². The monoisotopic (exact) mass is 286 g/mol. The Bertz CT molecular complexity index is 440. The van der Waals surface area contributed by atoms with Crippen molar-refractivity contribution in [3.05, 3.63) is 38.9 Å². The molecule has 0 spiro atoms. The lowest BCUT2D eigenvalue weighted by atomic mass is 10.1. The van der Waals surface area contributed by atoms with Crippen LogP contribution in [0.5, 0.6) is 0 Å². The number of ether oxygens (including phenoxy) is 1. The highest BCUT2D eigenvalue weighted by molar-refractivity contribution is 6.31. The smallest absolute Gasteiger partial charge is 0.269 e. The first-order valence-electron chi connectivity index (χ1n) is 6.15. The molecule has 0 saturated carbocycles. The number of methoxy groups -OCH3 is 1. The molecule has 6 heteroatoms. The van der Waals surface area contributed by atoms with Gasteiger partial charge in [0.05, 0.1) is 11.5 Å². The summed E-state index contributed by atoms with van der Waals surface area (Å²) in [4.78, 5) is 12.5. The molecule has 0 saturated heterocycles. The van der Waals surface area contributed by atoms with Crippen molar-refractivity contribution >= 4 is 17.3 Å². The molecular weight excluding hydrogens is 268 g/mol. The summed E-state index contributed by atoms with van der Waals surface area (Å²) >= 11 is 6.10. The minimum atomic E-state index is -0.408. The molecule has 0 aliphatic carbocycles. The summed E-state index contributed by atoms with van der Waals surface area (Å²) in [5.41, 5.74) is 0.829. The van der Waals surface area contributed by atoms with E-state index in [9.17, 15) is 10.1 Å². The molecule has 0 aliphatic heterocycles. The maximum atomic E-state index is 10.8. The van der Waals surface area contributed by atoms with E-state index in [1.807, 2.05) is 6.92 Å². The number of halogens is 1. The lowest BCUT2D eigenvalue weighted by Gasteiger charge is -2.27. The van der Waals surface area contributed by atoms with Crippen LogP contribution in [-0.2, 0) is 11.3 Å². The Morgan fingerprint density at radius 3 is 2.74 bits per heavy atom. The number of rotatable bonds is 7. The maximum Gasteiger partial charge on any atom is 0.269 e. The van der Waals surface area contributed by atoms with Crippen LogP contribution in [0.25, 0.3) is 0 Å². The summed E-state index contributed by atoms with van der Waals surface area (Å²) in [5, 5.41) is 11.3. The number of nitro groups is 1. The van der Waals surface area contributed by atoms with Crippen LogP contribution in [0, 0.1) is 10.1 Å². The zero-order valence-electron chi connectivity index (χ0n) is 11.4. The fourth-order valence-corrected chi connectivity index (χ4v) is 2.12. The molecule has 0 radical (unpaired) electrons. The zero-order chi connectivity index (χ0) is 14.4. The highest BCUT2D eigenvalue weighted by Gasteiger charge is 2.16. The first kappa shape index (κ1) is 15.9. The van der Waals surface area contributed by atoms with E-state index in [0.29, 0.717) is 18.2 Å². The van der Waals surface area contributed by atoms with Gasteiger partial charge in [0.15, 0.2) is 0 Å². The van der Waals surface area contributed by atoms with Gasteiger partial charge in [-0.2, -0.15) is 0 Å². The van der Waals surface area contributed by atoms with Gasteiger partial charge in [0.1, 0.15) is 0 Å². The highest BCUT2D eigenvalue weighted by atomic mass is 35.5. The molecule has 0 fully saturated rings. The molecule has 1 aromatic carbocycles. The second-order valence-electron chi connectivity index (χ2n) is 4.40. The van der Waals surface area contributed by atoms with Crippen molar-refractivity contribution in [1.82, 2.24) is 4.90 Å². The third-order valence-electron chi connectivity index (χ3n) is 3.05. The van der Waals surface area contributed by atoms with Crippen molar-refractivity contribution in [2.24, 2.45) is 0 Å². The van der Waals surface area contributed by atoms with Crippen LogP contribution in [0.3, 0.4) is 0 Å². The quantitative estimate of drug-likeness (QED) is 0.571. The van der Waals surface area contributed by atoms with Crippen LogP contribution >= 0.6 is 11.6 Å². The lowest BCUT2D eigenvalue weighted by Crippen LogP contribution is -2.35. The summed E-state index contributed by atoms with van der Waals surface area (Å²) in [6, 6.07) is 4.75. The number of hydrogen-bond donors (Lipinski definition) is 0. The highest BCUT2D eigenvalue weighted by Crippen LogP contribution is 2.24. The van der Waals surface area contributed by atoms with Gasteiger partial charge in [-0.15, -0.1) is 0 Å². The van der Waals surface area contributed by atoms with Crippen LogP contribution in [0.1, 0.15) is 19.4 Å². The molecule has 0 aromatic heterocycles. The third kappa shape index (κ3) is 4.45. The van der Waals surface area contributed by atoms with Crippen LogP contribution in [0.15, 0.2) is 18.2 Å². The minimum absolute atomic E-state index is 0.0647. The van der Waals surface area contributed by atoms with Crippen LogP contribution < -0.4 is 0 Å². The number of hydrogen-bond acceptors (Lipinski definition) is 4. The molecule has 1 aromatic rings. The molecule has 106 valence electrons. The molecule has 0 aliphatic rings. The average Bonchev–Trinajstić information content (AvgIpc) is 2.37. The Morgan fingerprint density at radius 2 is 2.21 bits per heavy atom. The van der Waals surface area contributed by atoms with E-state index < -0.39 is 4.92 Å². The predicted molar refractivity (Wildman–Crippen MR) is 75.5 cm³/mol. The van der Waals surface area contributed by atoms with Gasteiger partial charge in [0.25, 0.3) is 5.69 Å². The molecule has 5 nitrogen and oxygen atoms in total. The Kier molecular flexibility index (Phi) is 6.21. The Balaban J connectivity index is 2.89. The van der Waals surface area contributed by atoms with Crippen molar-refractivity contribution < 1.29 is 9.66 Å². The SMILES string of the molecule is CCN(Cc1cc([N+](=O)[O-])ccc1Cl)C(C)COC. The standard InChI is InChI=1S/C13H19ClN2O3/c1-4-15(10(2)9-19-3)8-11-7-12(16(17)18)5-6-13(11)14/h5-7,10H,4,8-9H2,1-3H3. The molecule has 0 amide bonds. The molecule has 1 unspecified atom stereocenters. The molecule has 1 rings (SSSR count). The van der Waals surface area contributed by atoms with E-state index in [1.54, 1.807) is 13.2 Å². The topological polar surface area (TPSA) is 55.6 Å². The Morgan fingerprint density at radius 1 is 1.53 bits per heavy atom. The maximum absolute atomic E-state index is 10.8. The second-order valence-corrected chi connectivity index (χ2v) is 4.81. The van der Waals surface area contributed by atoms with Crippen LogP contribution in [0.2, 0.25) is 5.02 Å². The zero-order valence-corrected chi connectivity index (χ0v) is 12.2. The van der Waals surface area contributed by atoms with Gasteiger partial charge >= 0.3 is 0 Å². The van der Waals surface area contributed by atoms with Gasteiger partial charge in [-0.3, -0.25) is 15.0 Å². The molecule has 0 bridgehead atoms. The number of non-ortho nitro benzene ring substituents is 1.